The van der Waals surface area contributed by atoms with Gasteiger partial charge in [0.25, 0.3) is 0 Å². The number of benzene rings is 1. The van der Waals surface area contributed by atoms with Gasteiger partial charge in [-0.05, 0) is 37.5 Å². The molecule has 26 heavy (non-hydrogen) atoms. The fraction of sp³-hybridized carbons (Fsp3) is 0.611. The number of carbonyl (C=O) groups excluding carboxylic acids is 1. The quantitative estimate of drug-likeness (QED) is 0.765. The number of primary sulfonamides is 1. The summed E-state index contributed by atoms with van der Waals surface area (Å²) >= 11 is 0. The van der Waals surface area contributed by atoms with Gasteiger partial charge < -0.3 is 10.1 Å². The molecular weight excluding hydrogens is 354 g/mol. The lowest BCUT2D eigenvalue weighted by molar-refractivity contribution is -0.135. The van der Waals surface area contributed by atoms with E-state index in [1.54, 1.807) is 12.1 Å². The van der Waals surface area contributed by atoms with Crippen LogP contribution in [0, 0.1) is 5.92 Å². The van der Waals surface area contributed by atoms with E-state index < -0.39 is 10.0 Å². The molecule has 3 unspecified atom stereocenters. The molecule has 1 saturated heterocycles. The molecule has 1 aromatic carbocycles. The lowest BCUT2D eigenvalue weighted by Crippen LogP contribution is -2.56. The summed E-state index contributed by atoms with van der Waals surface area (Å²) in [5, 5.41) is 8.09. The Kier molecular flexibility index (Phi) is 6.79. The van der Waals surface area contributed by atoms with Crippen LogP contribution in [0.3, 0.4) is 0 Å². The van der Waals surface area contributed by atoms with Crippen LogP contribution >= 0.6 is 0 Å². The number of morpholine rings is 1. The standard InChI is InChI=1S/C18H29N3O4S/c1-12(2)17(21-10-13(3)25-14(4)11-21)18(22)20-9-15-6-5-7-16(8-15)26(19,23)24/h5-8,12-14,17H,9-11H2,1-4H3,(H,20,22)(H2,19,23,24). The molecule has 146 valence electrons. The molecule has 1 fully saturated rings. The van der Waals surface area contributed by atoms with Crippen LogP contribution < -0.4 is 10.5 Å². The molecule has 3 N–H and O–H groups in total. The van der Waals surface area contributed by atoms with E-state index in [-0.39, 0.29) is 41.5 Å². The van der Waals surface area contributed by atoms with Crippen LogP contribution in [0.15, 0.2) is 29.2 Å². The van der Waals surface area contributed by atoms with Crippen molar-refractivity contribution in [3.05, 3.63) is 29.8 Å². The van der Waals surface area contributed by atoms with Crippen molar-refractivity contribution in [2.45, 2.75) is 57.4 Å². The molecular formula is C18H29N3O4S. The van der Waals surface area contributed by atoms with Gasteiger partial charge in [0, 0.05) is 19.6 Å². The van der Waals surface area contributed by atoms with E-state index in [0.29, 0.717) is 18.7 Å². The van der Waals surface area contributed by atoms with Crippen LogP contribution in [-0.4, -0.2) is 50.6 Å². The summed E-state index contributed by atoms with van der Waals surface area (Å²) in [4.78, 5) is 15.0. The van der Waals surface area contributed by atoms with E-state index in [9.17, 15) is 13.2 Å². The number of ether oxygens (including phenoxy) is 1. The molecule has 1 aliphatic rings. The first-order valence-electron chi connectivity index (χ1n) is 8.87. The van der Waals surface area contributed by atoms with Crippen LogP contribution in [0.2, 0.25) is 0 Å². The fourth-order valence-electron chi connectivity index (χ4n) is 3.46. The topological polar surface area (TPSA) is 102 Å². The van der Waals surface area contributed by atoms with Gasteiger partial charge in [-0.3, -0.25) is 9.69 Å². The highest BCUT2D eigenvalue weighted by atomic mass is 32.2. The largest absolute Gasteiger partial charge is 0.373 e. The summed E-state index contributed by atoms with van der Waals surface area (Å²) in [7, 11) is -3.76. The SMILES string of the molecule is CC1CN(C(C(=O)NCc2cccc(S(N)(=O)=O)c2)C(C)C)CC(C)O1. The lowest BCUT2D eigenvalue weighted by Gasteiger charge is -2.41. The van der Waals surface area contributed by atoms with Crippen LogP contribution in [0.25, 0.3) is 0 Å². The minimum Gasteiger partial charge on any atom is -0.373 e. The van der Waals surface area contributed by atoms with Crippen molar-refractivity contribution in [3.8, 4) is 0 Å². The Bertz CT molecular complexity index is 726. The zero-order valence-corrected chi connectivity index (χ0v) is 16.6. The molecule has 0 saturated carbocycles. The maximum atomic E-state index is 12.8. The van der Waals surface area contributed by atoms with Crippen molar-refractivity contribution in [3.63, 3.8) is 0 Å². The van der Waals surface area contributed by atoms with Crippen molar-refractivity contribution in [1.82, 2.24) is 10.2 Å². The normalized spacial score (nSPS) is 23.0. The molecule has 0 spiro atoms. The number of rotatable bonds is 6. The van der Waals surface area contributed by atoms with E-state index in [1.807, 2.05) is 27.7 Å². The molecule has 1 amide bonds. The molecule has 0 aliphatic carbocycles. The van der Waals surface area contributed by atoms with Crippen molar-refractivity contribution in [2.75, 3.05) is 13.1 Å². The fourth-order valence-corrected chi connectivity index (χ4v) is 4.05. The van der Waals surface area contributed by atoms with Gasteiger partial charge in [0.1, 0.15) is 0 Å². The highest BCUT2D eigenvalue weighted by Gasteiger charge is 2.33. The van der Waals surface area contributed by atoms with Crippen molar-refractivity contribution < 1.29 is 17.9 Å². The molecule has 0 radical (unpaired) electrons. The van der Waals surface area contributed by atoms with Crippen molar-refractivity contribution in [1.29, 1.82) is 0 Å². The highest BCUT2D eigenvalue weighted by molar-refractivity contribution is 7.89. The van der Waals surface area contributed by atoms with Gasteiger partial charge in [-0.25, -0.2) is 13.6 Å². The highest BCUT2D eigenvalue weighted by Crippen LogP contribution is 2.19. The molecule has 1 heterocycles. The molecule has 0 aromatic heterocycles. The minimum atomic E-state index is -3.76. The van der Waals surface area contributed by atoms with Crippen LogP contribution in [0.1, 0.15) is 33.3 Å². The predicted octanol–water partition coefficient (Wildman–Crippen LogP) is 1.08. The number of hydrogen-bond acceptors (Lipinski definition) is 5. The van der Waals surface area contributed by atoms with E-state index in [2.05, 4.69) is 10.2 Å². The Hall–Kier alpha value is -1.48. The van der Waals surface area contributed by atoms with Gasteiger partial charge >= 0.3 is 0 Å². The monoisotopic (exact) mass is 383 g/mol. The molecule has 7 nitrogen and oxygen atoms in total. The van der Waals surface area contributed by atoms with E-state index in [0.717, 1.165) is 0 Å². The summed E-state index contributed by atoms with van der Waals surface area (Å²) in [5.74, 6) is 0.0746. The summed E-state index contributed by atoms with van der Waals surface area (Å²) < 4.78 is 28.7. The van der Waals surface area contributed by atoms with Gasteiger partial charge in [0.2, 0.25) is 15.9 Å². The van der Waals surface area contributed by atoms with Crippen LogP contribution in [0.5, 0.6) is 0 Å². The second-order valence-electron chi connectivity index (χ2n) is 7.31. The van der Waals surface area contributed by atoms with E-state index >= 15 is 0 Å². The predicted molar refractivity (Wildman–Crippen MR) is 99.9 cm³/mol. The molecule has 1 aliphatic heterocycles. The Morgan fingerprint density at radius 3 is 2.46 bits per heavy atom. The Labute approximate surface area is 155 Å². The smallest absolute Gasteiger partial charge is 0.238 e. The molecule has 3 atom stereocenters. The number of nitrogens with one attached hydrogen (secondary N) is 1. The Balaban J connectivity index is 2.07. The van der Waals surface area contributed by atoms with Crippen LogP contribution in [0.4, 0.5) is 0 Å². The zero-order chi connectivity index (χ0) is 19.5. The number of nitrogens with two attached hydrogens (primary N) is 1. The van der Waals surface area contributed by atoms with Gasteiger partial charge in [-0.2, -0.15) is 0 Å². The molecule has 2 rings (SSSR count). The van der Waals surface area contributed by atoms with Gasteiger partial charge in [0.05, 0.1) is 23.1 Å². The summed E-state index contributed by atoms with van der Waals surface area (Å²) in [6.45, 7) is 9.74. The zero-order valence-electron chi connectivity index (χ0n) is 15.8. The van der Waals surface area contributed by atoms with Gasteiger partial charge in [0.15, 0.2) is 0 Å². The third kappa shape index (κ3) is 5.51. The minimum absolute atomic E-state index is 0.0421. The first-order chi connectivity index (χ1) is 12.1. The molecule has 0 bridgehead atoms. The van der Waals surface area contributed by atoms with E-state index in [1.165, 1.54) is 12.1 Å². The third-order valence-electron chi connectivity index (χ3n) is 4.44. The second kappa shape index (κ2) is 8.47. The Morgan fingerprint density at radius 2 is 1.92 bits per heavy atom. The number of amides is 1. The summed E-state index contributed by atoms with van der Waals surface area (Å²) in [6.07, 6.45) is 0.165. The van der Waals surface area contributed by atoms with Gasteiger partial charge in [-0.1, -0.05) is 26.0 Å². The Morgan fingerprint density at radius 1 is 1.31 bits per heavy atom. The lowest BCUT2D eigenvalue weighted by atomic mass is 9.99. The first kappa shape index (κ1) is 20.8. The maximum Gasteiger partial charge on any atom is 0.238 e. The first-order valence-corrected chi connectivity index (χ1v) is 10.4. The average molecular weight is 384 g/mol. The van der Waals surface area contributed by atoms with E-state index in [4.69, 9.17) is 9.88 Å². The number of nitrogens with zero attached hydrogens (tertiary/aromatic N) is 1. The van der Waals surface area contributed by atoms with Gasteiger partial charge in [-0.15, -0.1) is 0 Å². The number of hydrogen-bond donors (Lipinski definition) is 2. The van der Waals surface area contributed by atoms with Crippen molar-refractivity contribution in [2.24, 2.45) is 11.1 Å². The average Bonchev–Trinajstić information content (AvgIpc) is 2.51. The number of carbonyl (C=O) groups is 1. The van der Waals surface area contributed by atoms with Crippen LogP contribution in [-0.2, 0) is 26.1 Å². The number of sulfonamides is 1. The second-order valence-corrected chi connectivity index (χ2v) is 8.87. The molecule has 8 heteroatoms. The maximum absolute atomic E-state index is 12.8. The molecule has 1 aromatic rings. The summed E-state index contributed by atoms with van der Waals surface area (Å²) in [6, 6.07) is 6.04. The third-order valence-corrected chi connectivity index (χ3v) is 5.35. The summed E-state index contributed by atoms with van der Waals surface area (Å²) in [5.41, 5.74) is 0.691. The van der Waals surface area contributed by atoms with Crippen molar-refractivity contribution >= 4 is 15.9 Å².